The largest absolute Gasteiger partial charge is 0.492 e. The van der Waals surface area contributed by atoms with E-state index in [4.69, 9.17) is 9.47 Å². The van der Waals surface area contributed by atoms with Crippen molar-refractivity contribution >= 4 is 40.3 Å². The zero-order valence-corrected chi connectivity index (χ0v) is 24.9. The van der Waals surface area contributed by atoms with Crippen molar-refractivity contribution in [1.82, 2.24) is 9.80 Å². The third-order valence-electron chi connectivity index (χ3n) is 7.74. The lowest BCUT2D eigenvalue weighted by atomic mass is 9.91. The second-order valence-corrected chi connectivity index (χ2v) is 12.0. The molecular formula is C33H32N2O5S2. The third-order valence-corrected chi connectivity index (χ3v) is 9.10. The number of carbonyl (C=O) groups excluding carboxylic acids is 3. The van der Waals surface area contributed by atoms with E-state index in [9.17, 15) is 14.4 Å². The number of hydrogen-bond donors (Lipinski definition) is 0. The molecule has 2 aliphatic rings. The Bertz CT molecular complexity index is 1450. The lowest BCUT2D eigenvalue weighted by Crippen LogP contribution is -2.29. The van der Waals surface area contributed by atoms with Crippen LogP contribution in [-0.2, 0) is 9.59 Å². The van der Waals surface area contributed by atoms with Crippen LogP contribution < -0.4 is 9.47 Å². The molecule has 0 atom stereocenters. The van der Waals surface area contributed by atoms with Gasteiger partial charge in [0.25, 0.3) is 0 Å². The summed E-state index contributed by atoms with van der Waals surface area (Å²) >= 11 is 3.15. The van der Waals surface area contributed by atoms with Crippen molar-refractivity contribution in [1.29, 1.82) is 0 Å². The molecule has 0 spiro atoms. The molecule has 0 N–H and O–H groups in total. The lowest BCUT2D eigenvalue weighted by molar-refractivity contribution is -0.128. The van der Waals surface area contributed by atoms with E-state index in [0.717, 1.165) is 48.2 Å². The van der Waals surface area contributed by atoms with Crippen LogP contribution >= 0.6 is 22.7 Å². The highest BCUT2D eigenvalue weighted by Crippen LogP contribution is 2.35. The molecule has 216 valence electrons. The fourth-order valence-electron chi connectivity index (χ4n) is 5.51. The first-order chi connectivity index (χ1) is 20.6. The third kappa shape index (κ3) is 6.27. The fraction of sp³-hybridized carbons (Fsp3) is 0.303. The van der Waals surface area contributed by atoms with Gasteiger partial charge in [-0.2, -0.15) is 22.7 Å². The molecular weight excluding hydrogens is 569 g/mol. The van der Waals surface area contributed by atoms with Crippen LogP contribution in [0.1, 0.15) is 41.6 Å². The van der Waals surface area contributed by atoms with E-state index in [1.54, 1.807) is 22.7 Å². The number of rotatable bonds is 12. The maximum Gasteiger partial charge on any atom is 0.222 e. The maximum absolute atomic E-state index is 14.2. The van der Waals surface area contributed by atoms with Gasteiger partial charge in [-0.05, 0) is 105 Å². The Morgan fingerprint density at radius 3 is 1.55 bits per heavy atom. The van der Waals surface area contributed by atoms with Gasteiger partial charge in [0.05, 0.1) is 13.1 Å². The summed E-state index contributed by atoms with van der Waals surface area (Å²) in [6.45, 7) is 3.48. The minimum absolute atomic E-state index is 0.0826. The molecule has 2 fully saturated rings. The van der Waals surface area contributed by atoms with E-state index < -0.39 is 0 Å². The van der Waals surface area contributed by atoms with Gasteiger partial charge in [-0.3, -0.25) is 14.4 Å². The van der Waals surface area contributed by atoms with E-state index in [1.165, 1.54) is 0 Å². The molecule has 7 nitrogen and oxygen atoms in total. The predicted octanol–water partition coefficient (Wildman–Crippen LogP) is 6.38. The van der Waals surface area contributed by atoms with Gasteiger partial charge in [-0.1, -0.05) is 0 Å². The molecule has 2 saturated heterocycles. The summed E-state index contributed by atoms with van der Waals surface area (Å²) in [7, 11) is 0. The lowest BCUT2D eigenvalue weighted by Gasteiger charge is -2.18. The van der Waals surface area contributed by atoms with E-state index in [1.807, 2.05) is 79.9 Å². The zero-order valence-electron chi connectivity index (χ0n) is 23.3. The van der Waals surface area contributed by atoms with Gasteiger partial charge in [0.2, 0.25) is 11.8 Å². The van der Waals surface area contributed by atoms with Gasteiger partial charge in [0.1, 0.15) is 24.7 Å². The standard InChI is InChI=1S/C33H32N2O5S2/c36-31-3-1-11-34(31)13-15-39-25-5-7-27(29(19-25)23-9-17-41-21-23)33(38)28-8-6-26(20-30(28)24-10-18-42-22-24)40-16-14-35-12-2-4-32(35)37/h5-10,17-22H,1-4,11-16H2. The average Bonchev–Trinajstić information content (AvgIpc) is 3.83. The first-order valence-corrected chi connectivity index (χ1v) is 16.1. The van der Waals surface area contributed by atoms with Crippen LogP contribution in [0.25, 0.3) is 22.3 Å². The van der Waals surface area contributed by atoms with Gasteiger partial charge in [0.15, 0.2) is 5.78 Å². The molecule has 4 heterocycles. The number of thiophene rings is 2. The number of hydrogen-bond acceptors (Lipinski definition) is 7. The molecule has 2 amide bonds. The Balaban J connectivity index is 1.24. The smallest absolute Gasteiger partial charge is 0.222 e. The molecule has 42 heavy (non-hydrogen) atoms. The number of amides is 2. The number of nitrogens with zero attached hydrogens (tertiary/aromatic N) is 2. The summed E-state index contributed by atoms with van der Waals surface area (Å²) in [5.41, 5.74) is 4.71. The Morgan fingerprint density at radius 1 is 0.690 bits per heavy atom. The summed E-state index contributed by atoms with van der Waals surface area (Å²) in [5.74, 6) is 1.60. The first kappa shape index (κ1) is 28.2. The Hall–Kier alpha value is -3.95. The summed E-state index contributed by atoms with van der Waals surface area (Å²) in [6.07, 6.45) is 3.02. The van der Waals surface area contributed by atoms with Crippen molar-refractivity contribution in [2.45, 2.75) is 25.7 Å². The number of benzene rings is 2. The summed E-state index contributed by atoms with van der Waals surface area (Å²) in [4.78, 5) is 41.7. The Labute approximate surface area is 253 Å². The molecule has 2 aliphatic heterocycles. The first-order valence-electron chi connectivity index (χ1n) is 14.3. The van der Waals surface area contributed by atoms with Gasteiger partial charge < -0.3 is 19.3 Å². The van der Waals surface area contributed by atoms with Crippen LogP contribution in [0.4, 0.5) is 0 Å². The monoisotopic (exact) mass is 600 g/mol. The number of carbonyl (C=O) groups is 3. The predicted molar refractivity (Wildman–Crippen MR) is 166 cm³/mol. The molecule has 6 rings (SSSR count). The van der Waals surface area contributed by atoms with Gasteiger partial charge in [-0.25, -0.2) is 0 Å². The number of likely N-dealkylation sites (tertiary alicyclic amines) is 2. The highest BCUT2D eigenvalue weighted by molar-refractivity contribution is 7.08. The number of ether oxygens (including phenoxy) is 2. The van der Waals surface area contributed by atoms with Crippen LogP contribution in [0.2, 0.25) is 0 Å². The van der Waals surface area contributed by atoms with E-state index in [-0.39, 0.29) is 17.6 Å². The molecule has 4 aromatic rings. The molecule has 0 saturated carbocycles. The average molecular weight is 601 g/mol. The van der Waals surface area contributed by atoms with Crippen LogP contribution in [0.3, 0.4) is 0 Å². The van der Waals surface area contributed by atoms with Crippen molar-refractivity contribution in [3.63, 3.8) is 0 Å². The fourth-order valence-corrected chi connectivity index (χ4v) is 6.82. The molecule has 0 aliphatic carbocycles. The summed E-state index contributed by atoms with van der Waals surface area (Å²) in [5, 5.41) is 8.05. The second kappa shape index (κ2) is 12.9. The quantitative estimate of drug-likeness (QED) is 0.177. The van der Waals surface area contributed by atoms with Crippen molar-refractivity contribution in [2.75, 3.05) is 39.4 Å². The minimum Gasteiger partial charge on any atom is -0.492 e. The Kier molecular flexibility index (Phi) is 8.67. The molecule has 0 radical (unpaired) electrons. The molecule has 0 bridgehead atoms. The Morgan fingerprint density at radius 2 is 1.17 bits per heavy atom. The van der Waals surface area contributed by atoms with Crippen LogP contribution in [0.15, 0.2) is 70.1 Å². The summed E-state index contributed by atoms with van der Waals surface area (Å²) in [6, 6.07) is 15.2. The molecule has 2 aromatic carbocycles. The van der Waals surface area contributed by atoms with Crippen LogP contribution in [0.5, 0.6) is 11.5 Å². The van der Waals surface area contributed by atoms with Crippen molar-refractivity contribution in [3.05, 3.63) is 81.2 Å². The van der Waals surface area contributed by atoms with Crippen molar-refractivity contribution in [3.8, 4) is 33.8 Å². The number of ketones is 1. The molecule has 2 aromatic heterocycles. The van der Waals surface area contributed by atoms with Crippen molar-refractivity contribution < 1.29 is 23.9 Å². The van der Waals surface area contributed by atoms with Crippen LogP contribution in [0, 0.1) is 0 Å². The van der Waals surface area contributed by atoms with Gasteiger partial charge >= 0.3 is 0 Å². The van der Waals surface area contributed by atoms with Gasteiger partial charge in [0, 0.05) is 37.1 Å². The highest BCUT2D eigenvalue weighted by atomic mass is 32.1. The van der Waals surface area contributed by atoms with Crippen molar-refractivity contribution in [2.24, 2.45) is 0 Å². The van der Waals surface area contributed by atoms with E-state index in [2.05, 4.69) is 0 Å². The molecule has 9 heteroatoms. The van der Waals surface area contributed by atoms with E-state index in [0.29, 0.717) is 61.8 Å². The van der Waals surface area contributed by atoms with Crippen LogP contribution in [-0.4, -0.2) is 66.8 Å². The SMILES string of the molecule is O=C(c1ccc(OCCN2CCCC2=O)cc1-c1ccsc1)c1ccc(OCCN2CCCC2=O)cc1-c1ccsc1. The maximum atomic E-state index is 14.2. The van der Waals surface area contributed by atoms with Gasteiger partial charge in [-0.15, -0.1) is 0 Å². The topological polar surface area (TPSA) is 76.2 Å². The molecule has 0 unspecified atom stereocenters. The minimum atomic E-state index is -0.0826. The van der Waals surface area contributed by atoms with E-state index >= 15 is 0 Å². The zero-order chi connectivity index (χ0) is 28.9. The second-order valence-electron chi connectivity index (χ2n) is 10.4. The summed E-state index contributed by atoms with van der Waals surface area (Å²) < 4.78 is 12.1. The normalized spacial score (nSPS) is 15.0. The highest BCUT2D eigenvalue weighted by Gasteiger charge is 2.23.